The fraction of sp³-hybridized carbons (Fsp3) is 0.821. The monoisotopic (exact) mass is 1100 g/mol. The number of carbonyl (C=O) groups excluding carboxylic acids is 2. The van der Waals surface area contributed by atoms with Crippen LogP contribution in [-0.4, -0.2) is 100 Å². The lowest BCUT2D eigenvalue weighted by Crippen LogP contribution is -2.60. The number of allylic oxidation sites excluding steroid dienone is 9. The first kappa shape index (κ1) is 73.4. The summed E-state index contributed by atoms with van der Waals surface area (Å²) in [6.07, 6.45) is 63.5. The van der Waals surface area contributed by atoms with Gasteiger partial charge in [0.2, 0.25) is 5.91 Å². The van der Waals surface area contributed by atoms with E-state index in [4.69, 9.17) is 14.2 Å². The van der Waals surface area contributed by atoms with Crippen LogP contribution in [0.1, 0.15) is 290 Å². The van der Waals surface area contributed by atoms with Crippen LogP contribution < -0.4 is 5.32 Å². The molecule has 1 aliphatic heterocycles. The van der Waals surface area contributed by atoms with Gasteiger partial charge in [-0.3, -0.25) is 9.59 Å². The maximum absolute atomic E-state index is 13.0. The number of carbonyl (C=O) groups is 2. The molecule has 1 fully saturated rings. The third-order valence-corrected chi connectivity index (χ3v) is 15.1. The highest BCUT2D eigenvalue weighted by Gasteiger charge is 2.44. The number of nitrogens with one attached hydrogen (secondary N) is 1. The standard InChI is InChI=1S/C67H121NO10/c1-3-5-7-9-11-13-14-15-16-17-22-26-29-32-35-39-43-47-51-55-63(72)76-56-52-48-44-40-36-33-30-27-24-21-19-18-20-23-25-28-31-34-38-42-46-50-54-62(71)68-59(60(70)53-49-45-41-37-12-10-8-6-4-2)58-77-67-66(75)65(74)64(73)61(57-69)78-67/h11-13,15-16,20,23,37,49,53,59-61,64-67,69-70,73-75H,3-10,14,17-19,21-22,24-36,38-48,50-52,54-58H2,1-2H3,(H,68,71)/b13-11-,16-15-,23-20-,37-12+,53-49+. The van der Waals surface area contributed by atoms with Gasteiger partial charge in [-0.2, -0.15) is 0 Å². The fourth-order valence-electron chi connectivity index (χ4n) is 9.89. The van der Waals surface area contributed by atoms with Crippen LogP contribution in [0.3, 0.4) is 0 Å². The van der Waals surface area contributed by atoms with Gasteiger partial charge in [-0.15, -0.1) is 0 Å². The van der Waals surface area contributed by atoms with Crippen molar-refractivity contribution in [3.8, 4) is 0 Å². The summed E-state index contributed by atoms with van der Waals surface area (Å²) in [7, 11) is 0. The van der Waals surface area contributed by atoms with Gasteiger partial charge >= 0.3 is 5.97 Å². The first-order valence-corrected chi connectivity index (χ1v) is 32.6. The highest BCUT2D eigenvalue weighted by Crippen LogP contribution is 2.23. The number of hydrogen-bond donors (Lipinski definition) is 6. The zero-order valence-electron chi connectivity index (χ0n) is 50.1. The van der Waals surface area contributed by atoms with E-state index in [1.54, 1.807) is 6.08 Å². The molecule has 454 valence electrons. The quantitative estimate of drug-likeness (QED) is 0.0195. The lowest BCUT2D eigenvalue weighted by atomic mass is 9.99. The van der Waals surface area contributed by atoms with E-state index in [1.165, 1.54) is 180 Å². The second kappa shape index (κ2) is 56.2. The van der Waals surface area contributed by atoms with E-state index in [0.717, 1.165) is 83.5 Å². The third kappa shape index (κ3) is 45.0. The summed E-state index contributed by atoms with van der Waals surface area (Å²) in [5, 5.41) is 54.2. The van der Waals surface area contributed by atoms with E-state index in [0.29, 0.717) is 19.4 Å². The summed E-state index contributed by atoms with van der Waals surface area (Å²) in [5.41, 5.74) is 0. The number of rotatable bonds is 56. The summed E-state index contributed by atoms with van der Waals surface area (Å²) < 4.78 is 16.7. The van der Waals surface area contributed by atoms with Crippen molar-refractivity contribution < 1.29 is 49.3 Å². The third-order valence-electron chi connectivity index (χ3n) is 15.1. The lowest BCUT2D eigenvalue weighted by Gasteiger charge is -2.40. The summed E-state index contributed by atoms with van der Waals surface area (Å²) in [6, 6.07) is -0.832. The molecule has 1 saturated heterocycles. The Hall–Kier alpha value is -2.64. The molecule has 1 heterocycles. The van der Waals surface area contributed by atoms with Gasteiger partial charge < -0.3 is 45.1 Å². The zero-order valence-corrected chi connectivity index (χ0v) is 50.1. The molecule has 0 bridgehead atoms. The van der Waals surface area contributed by atoms with Gasteiger partial charge in [0.1, 0.15) is 24.4 Å². The van der Waals surface area contributed by atoms with Crippen LogP contribution in [0, 0.1) is 0 Å². The number of aliphatic hydroxyl groups is 5. The van der Waals surface area contributed by atoms with E-state index in [9.17, 15) is 35.1 Å². The molecule has 11 nitrogen and oxygen atoms in total. The number of amides is 1. The molecule has 1 amide bonds. The lowest BCUT2D eigenvalue weighted by molar-refractivity contribution is -0.302. The molecule has 78 heavy (non-hydrogen) atoms. The molecule has 1 aliphatic rings. The second-order valence-corrected chi connectivity index (χ2v) is 22.4. The summed E-state index contributed by atoms with van der Waals surface area (Å²) in [4.78, 5) is 25.1. The van der Waals surface area contributed by atoms with Gasteiger partial charge in [0, 0.05) is 12.8 Å². The molecule has 0 aliphatic carbocycles. The van der Waals surface area contributed by atoms with Crippen molar-refractivity contribution in [2.45, 2.75) is 333 Å². The van der Waals surface area contributed by atoms with Gasteiger partial charge in [-0.25, -0.2) is 0 Å². The van der Waals surface area contributed by atoms with Crippen LogP contribution in [0.4, 0.5) is 0 Å². The van der Waals surface area contributed by atoms with Crippen molar-refractivity contribution in [3.05, 3.63) is 60.8 Å². The SMILES string of the molecule is CCCCC/C=C\C/C=C\CCCCCCCCCCCC(=O)OCCCCCCCCCCCCC/C=C\CCCCCCCCCC(=O)NC(COC1OC(CO)C(O)C(O)C1O)C(O)/C=C/CC/C=C/CCCCC. The van der Waals surface area contributed by atoms with Gasteiger partial charge in [-0.1, -0.05) is 235 Å². The summed E-state index contributed by atoms with van der Waals surface area (Å²) >= 11 is 0. The van der Waals surface area contributed by atoms with Crippen molar-refractivity contribution in [2.24, 2.45) is 0 Å². The number of unbranched alkanes of at least 4 members (excludes halogenated alkanes) is 34. The van der Waals surface area contributed by atoms with Gasteiger partial charge in [-0.05, 0) is 103 Å². The largest absolute Gasteiger partial charge is 0.466 e. The molecule has 6 N–H and O–H groups in total. The van der Waals surface area contributed by atoms with Crippen LogP contribution in [0.5, 0.6) is 0 Å². The maximum Gasteiger partial charge on any atom is 0.305 e. The molecule has 0 aromatic carbocycles. The van der Waals surface area contributed by atoms with Crippen molar-refractivity contribution >= 4 is 11.9 Å². The van der Waals surface area contributed by atoms with E-state index in [2.05, 4.69) is 67.8 Å². The molecule has 0 aromatic heterocycles. The van der Waals surface area contributed by atoms with Crippen LogP contribution in [0.2, 0.25) is 0 Å². The van der Waals surface area contributed by atoms with Crippen LogP contribution in [-0.2, 0) is 23.8 Å². The Morgan fingerprint density at radius 2 is 0.872 bits per heavy atom. The first-order chi connectivity index (χ1) is 38.2. The molecule has 1 rings (SSSR count). The molecule has 0 saturated carbocycles. The molecule has 7 atom stereocenters. The number of ether oxygens (including phenoxy) is 3. The fourth-order valence-corrected chi connectivity index (χ4v) is 9.89. The molecule has 0 aromatic rings. The predicted molar refractivity (Wildman–Crippen MR) is 324 cm³/mol. The molecular formula is C67H121NO10. The number of esters is 1. The van der Waals surface area contributed by atoms with Gasteiger partial charge in [0.25, 0.3) is 0 Å². The molecule has 0 spiro atoms. The summed E-state index contributed by atoms with van der Waals surface area (Å²) in [5.74, 6) is -0.209. The predicted octanol–water partition coefficient (Wildman–Crippen LogP) is 15.8. The van der Waals surface area contributed by atoms with E-state index < -0.39 is 49.5 Å². The smallest absolute Gasteiger partial charge is 0.305 e. The Bertz CT molecular complexity index is 1480. The molecule has 7 unspecified atom stereocenters. The Labute approximate surface area is 478 Å². The molecule has 11 heteroatoms. The Balaban J connectivity index is 1.97. The van der Waals surface area contributed by atoms with Crippen LogP contribution in [0.25, 0.3) is 0 Å². The second-order valence-electron chi connectivity index (χ2n) is 22.4. The maximum atomic E-state index is 13.0. The average molecular weight is 1100 g/mol. The molecular weight excluding hydrogens is 979 g/mol. The number of aliphatic hydroxyl groups excluding tert-OH is 5. The Morgan fingerprint density at radius 1 is 0.474 bits per heavy atom. The van der Waals surface area contributed by atoms with Crippen molar-refractivity contribution in [1.29, 1.82) is 0 Å². The minimum Gasteiger partial charge on any atom is -0.466 e. The van der Waals surface area contributed by atoms with Crippen molar-refractivity contribution in [1.82, 2.24) is 5.32 Å². The van der Waals surface area contributed by atoms with Gasteiger partial charge in [0.05, 0.1) is 32.0 Å². The summed E-state index contributed by atoms with van der Waals surface area (Å²) in [6.45, 7) is 4.24. The Morgan fingerprint density at radius 3 is 1.35 bits per heavy atom. The van der Waals surface area contributed by atoms with E-state index in [-0.39, 0.29) is 18.5 Å². The van der Waals surface area contributed by atoms with Crippen LogP contribution >= 0.6 is 0 Å². The zero-order chi connectivity index (χ0) is 56.6. The topological polar surface area (TPSA) is 175 Å². The highest BCUT2D eigenvalue weighted by molar-refractivity contribution is 5.76. The minimum atomic E-state index is -1.58. The van der Waals surface area contributed by atoms with Gasteiger partial charge in [0.15, 0.2) is 6.29 Å². The highest BCUT2D eigenvalue weighted by atomic mass is 16.7. The van der Waals surface area contributed by atoms with Crippen molar-refractivity contribution in [3.63, 3.8) is 0 Å². The van der Waals surface area contributed by atoms with E-state index in [1.807, 2.05) is 6.08 Å². The molecule has 0 radical (unpaired) electrons. The Kier molecular flexibility index (Phi) is 52.9. The normalized spacial score (nSPS) is 18.9. The number of hydrogen-bond acceptors (Lipinski definition) is 10. The minimum absolute atomic E-state index is 0.00732. The van der Waals surface area contributed by atoms with Crippen molar-refractivity contribution in [2.75, 3.05) is 19.8 Å². The average Bonchev–Trinajstić information content (AvgIpc) is 3.43. The van der Waals surface area contributed by atoms with E-state index >= 15 is 0 Å². The first-order valence-electron chi connectivity index (χ1n) is 32.6. The van der Waals surface area contributed by atoms with Crippen LogP contribution in [0.15, 0.2) is 60.8 Å².